The molecular formula is C30H26F8N2O4S. The Morgan fingerprint density at radius 3 is 2.18 bits per heavy atom. The topological polar surface area (TPSA) is 85.2 Å². The van der Waals surface area contributed by atoms with E-state index in [2.05, 4.69) is 5.32 Å². The molecule has 1 fully saturated rings. The van der Waals surface area contributed by atoms with Crippen LogP contribution in [0.5, 0.6) is 0 Å². The molecule has 1 amide bonds. The second-order valence-electron chi connectivity index (χ2n) is 11.4. The van der Waals surface area contributed by atoms with E-state index in [9.17, 15) is 48.7 Å². The summed E-state index contributed by atoms with van der Waals surface area (Å²) in [7, 11) is -3.14. The number of aromatic nitrogens is 1. The zero-order chi connectivity index (χ0) is 33.2. The van der Waals surface area contributed by atoms with Crippen molar-refractivity contribution in [1.82, 2.24) is 9.88 Å². The lowest BCUT2D eigenvalue weighted by Gasteiger charge is -2.38. The highest BCUT2D eigenvalue weighted by Crippen LogP contribution is 2.58. The highest BCUT2D eigenvalue weighted by molar-refractivity contribution is 7.92. The Morgan fingerprint density at radius 2 is 1.58 bits per heavy atom. The SMILES string of the molecule is Cn1cc(C(=O)N[C@@H]2CC[C@@]3(S(=O)(=O)c4ccc(F)cc4)c4ccc(C(F)(C(F)(F)F)C(F)(F)F)cc4CCC[C@@H]23)ccc1=O. The van der Waals surface area contributed by atoms with Crippen LogP contribution in [-0.4, -0.2) is 37.3 Å². The van der Waals surface area contributed by atoms with Crippen molar-refractivity contribution in [2.75, 3.05) is 0 Å². The Morgan fingerprint density at radius 1 is 0.933 bits per heavy atom. The van der Waals surface area contributed by atoms with Gasteiger partial charge in [-0.05, 0) is 73.6 Å². The molecule has 5 rings (SSSR count). The van der Waals surface area contributed by atoms with Gasteiger partial charge in [-0.1, -0.05) is 18.2 Å². The summed E-state index contributed by atoms with van der Waals surface area (Å²) >= 11 is 0. The first-order valence-electron chi connectivity index (χ1n) is 13.8. The maximum Gasteiger partial charge on any atom is 0.435 e. The van der Waals surface area contributed by atoms with Crippen molar-refractivity contribution < 1.29 is 48.3 Å². The van der Waals surface area contributed by atoms with Gasteiger partial charge < -0.3 is 9.88 Å². The van der Waals surface area contributed by atoms with Gasteiger partial charge in [0.25, 0.3) is 5.91 Å². The van der Waals surface area contributed by atoms with Crippen LogP contribution in [0.25, 0.3) is 0 Å². The highest BCUT2D eigenvalue weighted by Gasteiger charge is 2.73. The number of hydrogen-bond acceptors (Lipinski definition) is 4. The molecule has 2 aliphatic rings. The smallest absolute Gasteiger partial charge is 0.349 e. The van der Waals surface area contributed by atoms with E-state index in [1.165, 1.54) is 29.9 Å². The first-order chi connectivity index (χ1) is 20.8. The van der Waals surface area contributed by atoms with E-state index in [4.69, 9.17) is 0 Å². The summed E-state index contributed by atoms with van der Waals surface area (Å²) in [6.45, 7) is 0. The number of amides is 1. The summed E-state index contributed by atoms with van der Waals surface area (Å²) in [6, 6.07) is 6.96. The average Bonchev–Trinajstić information content (AvgIpc) is 3.22. The second kappa shape index (κ2) is 11.0. The Kier molecular flexibility index (Phi) is 7.94. The largest absolute Gasteiger partial charge is 0.435 e. The third-order valence-electron chi connectivity index (χ3n) is 8.88. The molecule has 15 heteroatoms. The predicted molar refractivity (Wildman–Crippen MR) is 145 cm³/mol. The highest BCUT2D eigenvalue weighted by atomic mass is 32.2. The molecule has 2 aromatic carbocycles. The van der Waals surface area contributed by atoms with Crippen LogP contribution in [0.3, 0.4) is 0 Å². The summed E-state index contributed by atoms with van der Waals surface area (Å²) < 4.78 is 139. The molecule has 242 valence electrons. The van der Waals surface area contributed by atoms with Gasteiger partial charge in [-0.25, -0.2) is 17.2 Å². The lowest BCUT2D eigenvalue weighted by Crippen LogP contribution is -2.50. The number of sulfone groups is 1. The summed E-state index contributed by atoms with van der Waals surface area (Å²) in [6.07, 6.45) is -11.6. The van der Waals surface area contributed by atoms with Gasteiger partial charge in [0.05, 0.1) is 10.5 Å². The van der Waals surface area contributed by atoms with E-state index in [1.807, 2.05) is 0 Å². The molecule has 3 atom stereocenters. The molecule has 0 spiro atoms. The minimum absolute atomic E-state index is 0.0436. The maximum atomic E-state index is 15.1. The summed E-state index contributed by atoms with van der Waals surface area (Å²) in [5, 5.41) is 2.80. The third kappa shape index (κ3) is 5.12. The van der Waals surface area contributed by atoms with Crippen LogP contribution in [0.1, 0.15) is 52.7 Å². The van der Waals surface area contributed by atoms with Gasteiger partial charge in [-0.15, -0.1) is 0 Å². The molecule has 2 aliphatic carbocycles. The normalized spacial score (nSPS) is 22.3. The number of rotatable bonds is 5. The van der Waals surface area contributed by atoms with Gasteiger partial charge in [0.1, 0.15) is 10.6 Å². The Labute approximate surface area is 252 Å². The van der Waals surface area contributed by atoms with Gasteiger partial charge >= 0.3 is 18.0 Å². The Hall–Kier alpha value is -3.75. The number of nitrogens with one attached hydrogen (secondary N) is 1. The van der Waals surface area contributed by atoms with Crippen molar-refractivity contribution in [3.05, 3.63) is 99.2 Å². The van der Waals surface area contributed by atoms with E-state index < -0.39 is 61.9 Å². The van der Waals surface area contributed by atoms with E-state index in [-0.39, 0.29) is 59.2 Å². The molecule has 3 aromatic rings. The number of carbonyl (C=O) groups is 1. The van der Waals surface area contributed by atoms with Crippen molar-refractivity contribution in [2.45, 2.75) is 65.8 Å². The van der Waals surface area contributed by atoms with Crippen molar-refractivity contribution in [3.63, 3.8) is 0 Å². The fourth-order valence-corrected chi connectivity index (χ4v) is 9.20. The molecular weight excluding hydrogens is 636 g/mol. The molecule has 0 saturated heterocycles. The number of benzene rings is 2. The molecule has 0 unspecified atom stereocenters. The number of halogens is 8. The number of fused-ring (bicyclic) bond motifs is 3. The van der Waals surface area contributed by atoms with Crippen LogP contribution >= 0.6 is 0 Å². The van der Waals surface area contributed by atoms with E-state index in [1.54, 1.807) is 0 Å². The molecule has 1 N–H and O–H groups in total. The second-order valence-corrected chi connectivity index (χ2v) is 13.6. The average molecular weight is 663 g/mol. The Balaban J connectivity index is 1.67. The van der Waals surface area contributed by atoms with Crippen LogP contribution in [0.15, 0.2) is 70.5 Å². The van der Waals surface area contributed by atoms with Crippen LogP contribution < -0.4 is 10.9 Å². The van der Waals surface area contributed by atoms with E-state index >= 15 is 4.39 Å². The van der Waals surface area contributed by atoms with Crippen LogP contribution in [0.4, 0.5) is 35.1 Å². The van der Waals surface area contributed by atoms with Gasteiger partial charge in [0.15, 0.2) is 9.84 Å². The molecule has 1 aromatic heterocycles. The molecule has 1 saturated carbocycles. The number of hydrogen-bond donors (Lipinski definition) is 1. The number of nitrogens with zero attached hydrogens (tertiary/aromatic N) is 1. The third-order valence-corrected chi connectivity index (χ3v) is 11.5. The fraction of sp³-hybridized carbons (Fsp3) is 0.400. The lowest BCUT2D eigenvalue weighted by atomic mass is 9.82. The molecule has 0 radical (unpaired) electrons. The minimum Gasteiger partial charge on any atom is -0.349 e. The summed E-state index contributed by atoms with van der Waals surface area (Å²) in [5.74, 6) is -2.32. The zero-order valence-corrected chi connectivity index (χ0v) is 24.3. The lowest BCUT2D eigenvalue weighted by molar-refractivity contribution is -0.348. The number of carbonyl (C=O) groups excluding carboxylic acids is 1. The van der Waals surface area contributed by atoms with Gasteiger partial charge in [-0.3, -0.25) is 9.59 Å². The molecule has 45 heavy (non-hydrogen) atoms. The molecule has 1 heterocycles. The van der Waals surface area contributed by atoms with E-state index in [0.29, 0.717) is 12.1 Å². The standard InChI is InChI=1S/C30H26F8N2O4S/c1-40-16-18(5-12-25(40)41)26(42)39-24-13-14-27(45(43,44)21-9-7-20(31)8-10-21)22-11-6-19(15-17(22)3-2-4-23(24)27)28(32,29(33,34)35)30(36,37)38/h5-12,15-16,23-24H,2-4,13-14H2,1H3,(H,39,42)/t23-,24+,27+/m0/s1. The Bertz CT molecular complexity index is 1790. The van der Waals surface area contributed by atoms with Gasteiger partial charge in [-0.2, -0.15) is 26.3 Å². The number of alkyl halides is 7. The summed E-state index contributed by atoms with van der Waals surface area (Å²) in [5.41, 5.74) is -8.05. The van der Waals surface area contributed by atoms with Crippen molar-refractivity contribution >= 4 is 15.7 Å². The number of aryl methyl sites for hydroxylation is 2. The quantitative estimate of drug-likeness (QED) is 0.267. The maximum absolute atomic E-state index is 15.1. The van der Waals surface area contributed by atoms with Crippen molar-refractivity contribution in [3.8, 4) is 0 Å². The van der Waals surface area contributed by atoms with Crippen LogP contribution in [0.2, 0.25) is 0 Å². The zero-order valence-electron chi connectivity index (χ0n) is 23.5. The van der Waals surface area contributed by atoms with Gasteiger partial charge in [0.2, 0.25) is 5.56 Å². The predicted octanol–water partition coefficient (Wildman–Crippen LogP) is 6.03. The van der Waals surface area contributed by atoms with Gasteiger partial charge in [0, 0.05) is 36.8 Å². The fourth-order valence-electron chi connectivity index (χ4n) is 6.73. The molecule has 0 bridgehead atoms. The van der Waals surface area contributed by atoms with Crippen molar-refractivity contribution in [2.24, 2.45) is 13.0 Å². The first-order valence-corrected chi connectivity index (χ1v) is 15.3. The molecule has 0 aliphatic heterocycles. The van der Waals surface area contributed by atoms with E-state index in [0.717, 1.165) is 30.3 Å². The first kappa shape index (κ1) is 32.6. The van der Waals surface area contributed by atoms with Crippen LogP contribution in [0, 0.1) is 11.7 Å². The van der Waals surface area contributed by atoms with Crippen LogP contribution in [-0.2, 0) is 33.7 Å². The molecule has 6 nitrogen and oxygen atoms in total. The minimum atomic E-state index is -6.37. The number of pyridine rings is 1. The monoisotopic (exact) mass is 662 g/mol. The summed E-state index contributed by atoms with van der Waals surface area (Å²) in [4.78, 5) is 24.6. The van der Waals surface area contributed by atoms with Crippen molar-refractivity contribution in [1.29, 1.82) is 0 Å².